The third kappa shape index (κ3) is 3.85. The minimum Gasteiger partial charge on any atom is -0.497 e. The highest BCUT2D eigenvalue weighted by molar-refractivity contribution is 7.92. The van der Waals surface area contributed by atoms with Gasteiger partial charge in [0.2, 0.25) is 5.91 Å². The van der Waals surface area contributed by atoms with Crippen LogP contribution in [0.5, 0.6) is 5.75 Å². The van der Waals surface area contributed by atoms with Gasteiger partial charge >= 0.3 is 0 Å². The summed E-state index contributed by atoms with van der Waals surface area (Å²) in [6.45, 7) is 1.88. The van der Waals surface area contributed by atoms with Gasteiger partial charge in [0.05, 0.1) is 18.1 Å². The van der Waals surface area contributed by atoms with Gasteiger partial charge in [-0.1, -0.05) is 12.1 Å². The molecule has 7 heteroatoms. The highest BCUT2D eigenvalue weighted by atomic mass is 32.2. The number of sulfone groups is 1. The largest absolute Gasteiger partial charge is 0.497 e. The second kappa shape index (κ2) is 7.43. The molecule has 2 aliphatic heterocycles. The highest BCUT2D eigenvalue weighted by Crippen LogP contribution is 2.38. The number of hydrogen-bond donors (Lipinski definition) is 1. The number of ether oxygens (including phenoxy) is 1. The average Bonchev–Trinajstić information content (AvgIpc) is 3.04. The van der Waals surface area contributed by atoms with Gasteiger partial charge in [-0.05, 0) is 43.4 Å². The summed E-state index contributed by atoms with van der Waals surface area (Å²) in [6, 6.07) is 8.16. The van der Waals surface area contributed by atoms with Crippen LogP contribution in [-0.4, -0.2) is 56.5 Å². The first-order valence-electron chi connectivity index (χ1n) is 9.83. The number of amides is 1. The maximum atomic E-state index is 12.8. The zero-order valence-electron chi connectivity index (χ0n) is 15.8. The molecular weight excluding hydrogens is 364 g/mol. The monoisotopic (exact) mass is 392 g/mol. The van der Waals surface area contributed by atoms with E-state index in [-0.39, 0.29) is 23.5 Å². The van der Waals surface area contributed by atoms with Gasteiger partial charge in [0.25, 0.3) is 0 Å². The third-order valence-corrected chi connectivity index (χ3v) is 8.66. The second-order valence-electron chi connectivity index (χ2n) is 8.14. The van der Waals surface area contributed by atoms with Crippen LogP contribution in [0.1, 0.15) is 31.2 Å². The van der Waals surface area contributed by atoms with Crippen molar-refractivity contribution in [1.29, 1.82) is 0 Å². The quantitative estimate of drug-likeness (QED) is 0.824. The lowest BCUT2D eigenvalue weighted by Gasteiger charge is -2.34. The molecule has 0 unspecified atom stereocenters. The summed E-state index contributed by atoms with van der Waals surface area (Å²) in [5.41, 5.74) is 1.13. The summed E-state index contributed by atoms with van der Waals surface area (Å²) < 4.78 is 30.4. The average molecular weight is 393 g/mol. The molecule has 3 fully saturated rings. The number of hydrogen-bond acceptors (Lipinski definition) is 5. The predicted octanol–water partition coefficient (Wildman–Crippen LogP) is 1.60. The molecule has 0 aromatic heterocycles. The summed E-state index contributed by atoms with van der Waals surface area (Å²) in [5.74, 6) is 0.731. The summed E-state index contributed by atoms with van der Waals surface area (Å²) >= 11 is 0. The molecule has 148 valence electrons. The van der Waals surface area contributed by atoms with Crippen LogP contribution in [0.4, 0.5) is 0 Å². The molecule has 0 radical (unpaired) electrons. The van der Waals surface area contributed by atoms with Gasteiger partial charge in [-0.3, -0.25) is 9.69 Å². The molecular formula is C20H28N2O4S. The van der Waals surface area contributed by atoms with Gasteiger partial charge in [0.15, 0.2) is 9.84 Å². The van der Waals surface area contributed by atoms with Crippen molar-refractivity contribution in [3.8, 4) is 5.75 Å². The van der Waals surface area contributed by atoms with E-state index in [0.717, 1.165) is 24.2 Å². The standard InChI is InChI=1S/C20H28N2O4S/c1-26-16-7-5-14(6-8-16)11-22-12-18-17(20(23)21-15-3-2-4-15)9-10-27(24,25)19(18)13-22/h5-8,15,17-19H,2-4,9-13H2,1H3,(H,21,23)/t17-,18-,19-/m0/s1. The van der Waals surface area contributed by atoms with Gasteiger partial charge in [-0.25, -0.2) is 8.42 Å². The Morgan fingerprint density at radius 2 is 1.93 bits per heavy atom. The molecule has 2 saturated heterocycles. The SMILES string of the molecule is COc1ccc(CN2C[C@H]3[C@@H](C(=O)NC4CCC4)CCS(=O)(=O)[C@H]3C2)cc1. The summed E-state index contributed by atoms with van der Waals surface area (Å²) in [6.07, 6.45) is 3.73. The van der Waals surface area contributed by atoms with Crippen molar-refractivity contribution < 1.29 is 17.9 Å². The molecule has 1 amide bonds. The van der Waals surface area contributed by atoms with Gasteiger partial charge in [0.1, 0.15) is 5.75 Å². The molecule has 6 nitrogen and oxygen atoms in total. The Kier molecular flexibility index (Phi) is 5.16. The van der Waals surface area contributed by atoms with E-state index in [2.05, 4.69) is 10.2 Å². The lowest BCUT2D eigenvalue weighted by Crippen LogP contribution is -2.50. The maximum absolute atomic E-state index is 12.8. The first-order chi connectivity index (χ1) is 13.0. The van der Waals surface area contributed by atoms with Crippen molar-refractivity contribution in [2.75, 3.05) is 26.0 Å². The lowest BCUT2D eigenvalue weighted by molar-refractivity contribution is -0.128. The van der Waals surface area contributed by atoms with Crippen molar-refractivity contribution >= 4 is 15.7 Å². The Morgan fingerprint density at radius 1 is 1.19 bits per heavy atom. The molecule has 0 bridgehead atoms. The van der Waals surface area contributed by atoms with Crippen molar-refractivity contribution in [2.24, 2.45) is 11.8 Å². The van der Waals surface area contributed by atoms with Crippen LogP contribution >= 0.6 is 0 Å². The molecule has 2 heterocycles. The number of nitrogens with one attached hydrogen (secondary N) is 1. The van der Waals surface area contributed by atoms with E-state index in [4.69, 9.17) is 4.74 Å². The van der Waals surface area contributed by atoms with Crippen LogP contribution in [0, 0.1) is 11.8 Å². The molecule has 1 aromatic carbocycles. The predicted molar refractivity (Wildman–Crippen MR) is 103 cm³/mol. The number of methoxy groups -OCH3 is 1. The molecule has 4 rings (SSSR count). The zero-order chi connectivity index (χ0) is 19.0. The Morgan fingerprint density at radius 3 is 2.56 bits per heavy atom. The van der Waals surface area contributed by atoms with Crippen LogP contribution in [0.3, 0.4) is 0 Å². The van der Waals surface area contributed by atoms with Crippen molar-refractivity contribution in [3.05, 3.63) is 29.8 Å². The lowest BCUT2D eigenvalue weighted by atomic mass is 9.86. The van der Waals surface area contributed by atoms with Crippen molar-refractivity contribution in [2.45, 2.75) is 43.5 Å². The van der Waals surface area contributed by atoms with E-state index in [0.29, 0.717) is 32.1 Å². The molecule has 1 aromatic rings. The third-order valence-electron chi connectivity index (χ3n) is 6.43. The number of carbonyl (C=O) groups is 1. The molecule has 3 aliphatic rings. The molecule has 1 saturated carbocycles. The number of likely N-dealkylation sites (tertiary alicyclic amines) is 1. The van der Waals surface area contributed by atoms with E-state index in [1.54, 1.807) is 7.11 Å². The summed E-state index contributed by atoms with van der Waals surface area (Å²) in [4.78, 5) is 14.9. The minimum absolute atomic E-state index is 0.0656. The fourth-order valence-electron chi connectivity index (χ4n) is 4.61. The van der Waals surface area contributed by atoms with Gasteiger partial charge in [0, 0.05) is 37.5 Å². The second-order valence-corrected chi connectivity index (χ2v) is 10.5. The molecule has 0 spiro atoms. The van der Waals surface area contributed by atoms with E-state index in [9.17, 15) is 13.2 Å². The van der Waals surface area contributed by atoms with Crippen LogP contribution in [-0.2, 0) is 21.2 Å². The Hall–Kier alpha value is -1.60. The highest BCUT2D eigenvalue weighted by Gasteiger charge is 2.50. The number of rotatable bonds is 5. The van der Waals surface area contributed by atoms with E-state index in [1.807, 2.05) is 24.3 Å². The Balaban J connectivity index is 1.46. The molecule has 1 aliphatic carbocycles. The molecule has 1 N–H and O–H groups in total. The fraction of sp³-hybridized carbons (Fsp3) is 0.650. The number of nitrogens with zero attached hydrogens (tertiary/aromatic N) is 1. The first-order valence-corrected chi connectivity index (χ1v) is 11.5. The number of benzene rings is 1. The van der Waals surface area contributed by atoms with Crippen LogP contribution < -0.4 is 10.1 Å². The van der Waals surface area contributed by atoms with Crippen LogP contribution in [0.15, 0.2) is 24.3 Å². The number of carbonyl (C=O) groups excluding carboxylic acids is 1. The Labute approximate surface area is 161 Å². The molecule has 3 atom stereocenters. The Bertz CT molecular complexity index is 789. The van der Waals surface area contributed by atoms with Crippen molar-refractivity contribution in [1.82, 2.24) is 10.2 Å². The minimum atomic E-state index is -3.12. The fourth-order valence-corrected chi connectivity index (χ4v) is 6.74. The molecule has 27 heavy (non-hydrogen) atoms. The van der Waals surface area contributed by atoms with Crippen LogP contribution in [0.25, 0.3) is 0 Å². The zero-order valence-corrected chi connectivity index (χ0v) is 16.6. The van der Waals surface area contributed by atoms with E-state index < -0.39 is 15.1 Å². The smallest absolute Gasteiger partial charge is 0.223 e. The van der Waals surface area contributed by atoms with E-state index in [1.165, 1.54) is 6.42 Å². The van der Waals surface area contributed by atoms with Gasteiger partial charge in [-0.2, -0.15) is 0 Å². The van der Waals surface area contributed by atoms with Gasteiger partial charge in [-0.15, -0.1) is 0 Å². The summed E-state index contributed by atoms with van der Waals surface area (Å²) in [5, 5.41) is 2.72. The number of fused-ring (bicyclic) bond motifs is 1. The maximum Gasteiger partial charge on any atom is 0.223 e. The topological polar surface area (TPSA) is 75.7 Å². The summed E-state index contributed by atoms with van der Waals surface area (Å²) in [7, 11) is -1.49. The van der Waals surface area contributed by atoms with E-state index >= 15 is 0 Å². The van der Waals surface area contributed by atoms with Crippen LogP contribution in [0.2, 0.25) is 0 Å². The van der Waals surface area contributed by atoms with Gasteiger partial charge < -0.3 is 10.1 Å². The first kappa shape index (κ1) is 18.7. The van der Waals surface area contributed by atoms with Crippen molar-refractivity contribution in [3.63, 3.8) is 0 Å². The normalized spacial score (nSPS) is 30.3.